The van der Waals surface area contributed by atoms with Crippen molar-refractivity contribution in [1.82, 2.24) is 4.57 Å². The molecular weight excluding hydrogens is 632 g/mol. The van der Waals surface area contributed by atoms with Crippen molar-refractivity contribution in [3.63, 3.8) is 0 Å². The normalized spacial score (nSPS) is 14.1. The molecule has 2 heterocycles. The number of hydrogen-bond donors (Lipinski definition) is 1. The number of nitrogens with one attached hydrogen (secondary N) is 1. The van der Waals surface area contributed by atoms with Crippen LogP contribution in [0.3, 0.4) is 0 Å². The van der Waals surface area contributed by atoms with Gasteiger partial charge in [0.05, 0.1) is 38.9 Å². The highest BCUT2D eigenvalue weighted by molar-refractivity contribution is 7.07. The number of hydrogen-bond acceptors (Lipinski definition) is 9. The van der Waals surface area contributed by atoms with E-state index in [9.17, 15) is 24.5 Å². The number of anilines is 1. The molecule has 1 atom stereocenters. The number of nitro benzene ring substituents is 1. The van der Waals surface area contributed by atoms with E-state index in [1.165, 1.54) is 34.1 Å². The van der Waals surface area contributed by atoms with Crippen molar-refractivity contribution in [3.8, 4) is 11.5 Å². The number of carbonyl (C=O) groups excluding carboxylic acids is 2. The minimum Gasteiger partial charge on any atom is -0.494 e. The molecule has 0 bridgehead atoms. The number of para-hydroxylation sites is 1. The first-order valence-electron chi connectivity index (χ1n) is 14.9. The van der Waals surface area contributed by atoms with Crippen molar-refractivity contribution in [2.24, 2.45) is 4.99 Å². The maximum Gasteiger partial charge on any atom is 0.343 e. The summed E-state index contributed by atoms with van der Waals surface area (Å²) in [7, 11) is 0. The van der Waals surface area contributed by atoms with Gasteiger partial charge in [0.15, 0.2) is 4.80 Å². The standard InChI is InChI=1S/C36H28N4O7S/c1-3-46-28-18-14-24(15-19-28)32-31(33(41)38-26-9-5-4-6-10-26)22(2)37-36-39(32)34(42)30(48-36)20-23-12-16-29(17-13-23)47-35(43)25-8-7-11-27(21-25)40(44)45/h4-21,32H,3H2,1-2H3,(H,38,41)/b30-20-/t32-/m0/s1. The maximum absolute atomic E-state index is 14.0. The number of amides is 1. The van der Waals surface area contributed by atoms with Crippen LogP contribution < -0.4 is 29.7 Å². The lowest BCUT2D eigenvalue weighted by Crippen LogP contribution is -2.40. The molecule has 240 valence electrons. The van der Waals surface area contributed by atoms with Gasteiger partial charge in [-0.3, -0.25) is 24.3 Å². The van der Waals surface area contributed by atoms with Crippen LogP contribution >= 0.6 is 11.3 Å². The van der Waals surface area contributed by atoms with Crippen molar-refractivity contribution in [2.45, 2.75) is 19.9 Å². The summed E-state index contributed by atoms with van der Waals surface area (Å²) in [4.78, 5) is 56.0. The van der Waals surface area contributed by atoms with E-state index in [0.29, 0.717) is 49.8 Å². The number of rotatable bonds is 9. The van der Waals surface area contributed by atoms with E-state index in [-0.39, 0.29) is 28.5 Å². The maximum atomic E-state index is 14.0. The number of nitro groups is 1. The Morgan fingerprint density at radius 1 is 0.979 bits per heavy atom. The molecule has 11 nitrogen and oxygen atoms in total. The fraction of sp³-hybridized carbons (Fsp3) is 0.111. The number of fused-ring (bicyclic) bond motifs is 1. The van der Waals surface area contributed by atoms with Crippen molar-refractivity contribution < 1.29 is 24.0 Å². The van der Waals surface area contributed by atoms with Gasteiger partial charge in [0.25, 0.3) is 17.2 Å². The highest BCUT2D eigenvalue weighted by Crippen LogP contribution is 2.32. The van der Waals surface area contributed by atoms with E-state index >= 15 is 0 Å². The second-order valence-electron chi connectivity index (χ2n) is 10.7. The highest BCUT2D eigenvalue weighted by atomic mass is 32.1. The van der Waals surface area contributed by atoms with Gasteiger partial charge in [0, 0.05) is 17.8 Å². The number of carbonyl (C=O) groups is 2. The van der Waals surface area contributed by atoms with Crippen molar-refractivity contribution in [3.05, 3.63) is 161 Å². The minimum absolute atomic E-state index is 0.0450. The molecule has 0 saturated carbocycles. The van der Waals surface area contributed by atoms with Gasteiger partial charge in [0.2, 0.25) is 0 Å². The van der Waals surface area contributed by atoms with Crippen LogP contribution in [-0.4, -0.2) is 28.0 Å². The highest BCUT2D eigenvalue weighted by Gasteiger charge is 2.32. The molecule has 0 saturated heterocycles. The van der Waals surface area contributed by atoms with Crippen LogP contribution in [0.5, 0.6) is 11.5 Å². The summed E-state index contributed by atoms with van der Waals surface area (Å²) in [5.74, 6) is -0.212. The van der Waals surface area contributed by atoms with Crippen LogP contribution in [-0.2, 0) is 4.79 Å². The third-order valence-electron chi connectivity index (χ3n) is 7.49. The van der Waals surface area contributed by atoms with Gasteiger partial charge < -0.3 is 14.8 Å². The summed E-state index contributed by atoms with van der Waals surface area (Å²) >= 11 is 1.20. The number of ether oxygens (including phenoxy) is 2. The van der Waals surface area contributed by atoms with E-state index < -0.39 is 16.9 Å². The second kappa shape index (κ2) is 13.7. The van der Waals surface area contributed by atoms with E-state index in [1.54, 1.807) is 49.4 Å². The molecule has 1 aliphatic rings. The Balaban J connectivity index is 1.33. The lowest BCUT2D eigenvalue weighted by molar-refractivity contribution is -0.384. The fourth-order valence-corrected chi connectivity index (χ4v) is 6.30. The predicted molar refractivity (Wildman–Crippen MR) is 181 cm³/mol. The zero-order valence-electron chi connectivity index (χ0n) is 25.8. The first-order valence-corrected chi connectivity index (χ1v) is 15.7. The molecule has 6 rings (SSSR count). The molecule has 1 aliphatic heterocycles. The molecule has 0 fully saturated rings. The van der Waals surface area contributed by atoms with E-state index in [2.05, 4.69) is 10.3 Å². The molecule has 12 heteroatoms. The summed E-state index contributed by atoms with van der Waals surface area (Å²) in [6.07, 6.45) is 1.70. The monoisotopic (exact) mass is 660 g/mol. The quantitative estimate of drug-likeness (QED) is 0.0966. The predicted octanol–water partition coefficient (Wildman–Crippen LogP) is 5.40. The molecule has 48 heavy (non-hydrogen) atoms. The third-order valence-corrected chi connectivity index (χ3v) is 8.47. The number of esters is 1. The molecule has 0 radical (unpaired) electrons. The second-order valence-corrected chi connectivity index (χ2v) is 11.7. The van der Waals surface area contributed by atoms with Gasteiger partial charge in [-0.05, 0) is 73.5 Å². The summed E-state index contributed by atoms with van der Waals surface area (Å²) in [6, 6.07) is 27.4. The first-order chi connectivity index (χ1) is 23.2. The van der Waals surface area contributed by atoms with E-state index in [1.807, 2.05) is 49.4 Å². The topological polar surface area (TPSA) is 142 Å². The van der Waals surface area contributed by atoms with E-state index in [4.69, 9.17) is 9.47 Å². The summed E-state index contributed by atoms with van der Waals surface area (Å²) in [5.41, 5.74) is 2.33. The number of benzene rings is 4. The zero-order chi connectivity index (χ0) is 33.8. The smallest absolute Gasteiger partial charge is 0.343 e. The molecule has 0 spiro atoms. The Bertz CT molecular complexity index is 2240. The Labute approximate surface area is 277 Å². The molecular formula is C36H28N4O7S. The molecule has 0 unspecified atom stereocenters. The lowest BCUT2D eigenvalue weighted by Gasteiger charge is -2.25. The van der Waals surface area contributed by atoms with Gasteiger partial charge >= 0.3 is 5.97 Å². The van der Waals surface area contributed by atoms with Gasteiger partial charge in [-0.25, -0.2) is 9.79 Å². The minimum atomic E-state index is -0.751. The van der Waals surface area contributed by atoms with Crippen LogP contribution in [0.4, 0.5) is 11.4 Å². The summed E-state index contributed by atoms with van der Waals surface area (Å²) < 4.78 is 12.9. The van der Waals surface area contributed by atoms with Crippen LogP contribution in [0.2, 0.25) is 0 Å². The molecule has 5 aromatic rings. The molecule has 1 N–H and O–H groups in total. The van der Waals surface area contributed by atoms with Crippen molar-refractivity contribution in [1.29, 1.82) is 0 Å². The number of aromatic nitrogens is 1. The number of allylic oxidation sites excluding steroid dienone is 1. The molecule has 1 amide bonds. The molecule has 1 aromatic heterocycles. The largest absolute Gasteiger partial charge is 0.494 e. The van der Waals surface area contributed by atoms with Crippen LogP contribution in [0.15, 0.2) is 124 Å². The summed E-state index contributed by atoms with van der Waals surface area (Å²) in [6.45, 7) is 4.15. The number of thiazole rings is 1. The summed E-state index contributed by atoms with van der Waals surface area (Å²) in [5, 5.41) is 14.0. The zero-order valence-corrected chi connectivity index (χ0v) is 26.6. The Morgan fingerprint density at radius 2 is 1.69 bits per heavy atom. The average Bonchev–Trinajstić information content (AvgIpc) is 3.39. The van der Waals surface area contributed by atoms with Gasteiger partial charge in [-0.15, -0.1) is 0 Å². The first kappa shape index (κ1) is 31.8. The lowest BCUT2D eigenvalue weighted by atomic mass is 9.95. The van der Waals surface area contributed by atoms with Gasteiger partial charge in [0.1, 0.15) is 11.5 Å². The van der Waals surface area contributed by atoms with E-state index in [0.717, 1.165) is 6.07 Å². The SMILES string of the molecule is CCOc1ccc([C@H]2C(C(=O)Nc3ccccc3)=C(C)N=c3s/c(=C\c4ccc(OC(=O)c5cccc([N+](=O)[O-])c5)cc4)c(=O)n32)cc1. The van der Waals surface area contributed by atoms with Crippen molar-refractivity contribution >= 4 is 40.7 Å². The molecule has 0 aliphatic carbocycles. The Morgan fingerprint density at radius 3 is 2.38 bits per heavy atom. The third kappa shape index (κ3) is 6.69. The van der Waals surface area contributed by atoms with Crippen molar-refractivity contribution in [2.75, 3.05) is 11.9 Å². The van der Waals surface area contributed by atoms with Gasteiger partial charge in [-0.1, -0.05) is 59.9 Å². The number of nitrogens with zero attached hydrogens (tertiary/aromatic N) is 3. The average molecular weight is 661 g/mol. The van der Waals surface area contributed by atoms with Gasteiger partial charge in [-0.2, -0.15) is 0 Å². The fourth-order valence-electron chi connectivity index (χ4n) is 5.26. The Kier molecular flexibility index (Phi) is 9.08. The number of non-ortho nitro benzene ring substituents is 1. The molecule has 4 aromatic carbocycles. The van der Waals surface area contributed by atoms with Crippen LogP contribution in [0, 0.1) is 10.1 Å². The Hall–Kier alpha value is -6.14. The van der Waals surface area contributed by atoms with Crippen LogP contribution in [0.1, 0.15) is 41.4 Å². The van der Waals surface area contributed by atoms with Crippen LogP contribution in [0.25, 0.3) is 6.08 Å².